The smallest absolute Gasteiger partial charge is 0.233 e. The highest BCUT2D eigenvalue weighted by Gasteiger charge is 2.18. The van der Waals surface area contributed by atoms with Crippen molar-refractivity contribution in [3.8, 4) is 0 Å². The predicted octanol–water partition coefficient (Wildman–Crippen LogP) is 2.21. The molecule has 0 radical (unpaired) electrons. The molecule has 102 valence electrons. The van der Waals surface area contributed by atoms with E-state index in [0.29, 0.717) is 5.69 Å². The van der Waals surface area contributed by atoms with Gasteiger partial charge in [0.15, 0.2) is 0 Å². The molecule has 0 saturated heterocycles. The highest BCUT2D eigenvalue weighted by Crippen LogP contribution is 2.17. The van der Waals surface area contributed by atoms with Gasteiger partial charge in [-0.3, -0.25) is 9.59 Å². The Morgan fingerprint density at radius 2 is 1.95 bits per heavy atom. The monoisotopic (exact) mass is 264 g/mol. The van der Waals surface area contributed by atoms with Crippen LogP contribution >= 0.6 is 0 Å². The van der Waals surface area contributed by atoms with E-state index in [9.17, 15) is 14.0 Å². The maximum absolute atomic E-state index is 12.9. The minimum Gasteiger partial charge on any atom is -0.353 e. The number of hydrogen-bond donors (Lipinski definition) is 2. The zero-order valence-corrected chi connectivity index (χ0v) is 10.6. The molecule has 1 saturated carbocycles. The Kier molecular flexibility index (Phi) is 4.49. The van der Waals surface area contributed by atoms with Crippen LogP contribution in [0.3, 0.4) is 0 Å². The van der Waals surface area contributed by atoms with Crippen molar-refractivity contribution >= 4 is 17.5 Å². The lowest BCUT2D eigenvalue weighted by Crippen LogP contribution is -2.35. The molecule has 1 aliphatic rings. The molecule has 5 heteroatoms. The third kappa shape index (κ3) is 4.35. The fraction of sp³-hybridized carbons (Fsp3) is 0.429. The quantitative estimate of drug-likeness (QED) is 0.819. The maximum atomic E-state index is 12.9. The summed E-state index contributed by atoms with van der Waals surface area (Å²) in [7, 11) is 0. The van der Waals surface area contributed by atoms with Gasteiger partial charge >= 0.3 is 0 Å². The zero-order chi connectivity index (χ0) is 13.7. The van der Waals surface area contributed by atoms with Crippen LogP contribution in [0.15, 0.2) is 24.3 Å². The van der Waals surface area contributed by atoms with Crippen molar-refractivity contribution in [1.82, 2.24) is 5.32 Å². The third-order valence-corrected chi connectivity index (χ3v) is 3.15. The minimum absolute atomic E-state index is 0.203. The van der Waals surface area contributed by atoms with Gasteiger partial charge in [0, 0.05) is 11.7 Å². The fourth-order valence-electron chi connectivity index (χ4n) is 2.27. The lowest BCUT2D eigenvalue weighted by atomic mass is 10.2. The first kappa shape index (κ1) is 13.5. The third-order valence-electron chi connectivity index (χ3n) is 3.15. The fourth-order valence-corrected chi connectivity index (χ4v) is 2.27. The van der Waals surface area contributed by atoms with Gasteiger partial charge in [-0.15, -0.1) is 0 Å². The first-order valence-electron chi connectivity index (χ1n) is 6.48. The number of carbonyl (C=O) groups excluding carboxylic acids is 2. The van der Waals surface area contributed by atoms with Gasteiger partial charge in [-0.1, -0.05) is 18.9 Å². The Bertz CT molecular complexity index is 470. The van der Waals surface area contributed by atoms with E-state index in [1.54, 1.807) is 6.07 Å². The molecule has 1 fully saturated rings. The molecule has 0 heterocycles. The summed E-state index contributed by atoms with van der Waals surface area (Å²) in [5, 5.41) is 5.33. The summed E-state index contributed by atoms with van der Waals surface area (Å²) in [6.07, 6.45) is 3.99. The second-order valence-electron chi connectivity index (χ2n) is 4.78. The van der Waals surface area contributed by atoms with Crippen LogP contribution in [0, 0.1) is 5.82 Å². The molecular formula is C14H17FN2O2. The molecule has 0 unspecified atom stereocenters. The molecule has 2 N–H and O–H groups in total. The highest BCUT2D eigenvalue weighted by atomic mass is 19.1. The van der Waals surface area contributed by atoms with Crippen LogP contribution in [0.4, 0.5) is 10.1 Å². The Morgan fingerprint density at radius 3 is 2.63 bits per heavy atom. The van der Waals surface area contributed by atoms with Crippen LogP contribution in [0.2, 0.25) is 0 Å². The number of amides is 2. The molecular weight excluding hydrogens is 247 g/mol. The number of benzene rings is 1. The number of hydrogen-bond acceptors (Lipinski definition) is 2. The van der Waals surface area contributed by atoms with Crippen molar-refractivity contribution < 1.29 is 14.0 Å². The van der Waals surface area contributed by atoms with Gasteiger partial charge in [0.1, 0.15) is 12.2 Å². The van der Waals surface area contributed by atoms with Crippen molar-refractivity contribution in [2.24, 2.45) is 0 Å². The number of rotatable bonds is 4. The summed E-state index contributed by atoms with van der Waals surface area (Å²) >= 11 is 0. The largest absolute Gasteiger partial charge is 0.353 e. The van der Waals surface area contributed by atoms with Crippen LogP contribution in [0.1, 0.15) is 32.1 Å². The lowest BCUT2D eigenvalue weighted by molar-refractivity contribution is -0.127. The standard InChI is InChI=1S/C14H17FN2O2/c15-10-4-3-7-12(8-10)17-14(19)9-13(18)16-11-5-1-2-6-11/h3-4,7-8,11H,1-2,5-6,9H2,(H,16,18)(H,17,19). The minimum atomic E-state index is -0.430. The topological polar surface area (TPSA) is 58.2 Å². The SMILES string of the molecule is O=C(CC(=O)NC1CCCC1)Nc1cccc(F)c1. The number of halogens is 1. The molecule has 2 rings (SSSR count). The van der Waals surface area contributed by atoms with Gasteiger partial charge < -0.3 is 10.6 Å². The van der Waals surface area contributed by atoms with Gasteiger partial charge in [-0.25, -0.2) is 4.39 Å². The van der Waals surface area contributed by atoms with E-state index in [1.807, 2.05) is 0 Å². The Labute approximate surface area is 111 Å². The Hall–Kier alpha value is -1.91. The van der Waals surface area contributed by atoms with Gasteiger partial charge in [0.25, 0.3) is 0 Å². The second kappa shape index (κ2) is 6.31. The summed E-state index contributed by atoms with van der Waals surface area (Å²) in [6.45, 7) is 0. The maximum Gasteiger partial charge on any atom is 0.233 e. The van der Waals surface area contributed by atoms with Gasteiger partial charge in [0.2, 0.25) is 11.8 Å². The molecule has 1 aromatic carbocycles. The van der Waals surface area contributed by atoms with E-state index in [1.165, 1.54) is 18.2 Å². The van der Waals surface area contributed by atoms with Crippen molar-refractivity contribution in [3.05, 3.63) is 30.1 Å². The highest BCUT2D eigenvalue weighted by molar-refractivity contribution is 6.03. The van der Waals surface area contributed by atoms with Crippen LogP contribution in [-0.4, -0.2) is 17.9 Å². The van der Waals surface area contributed by atoms with Gasteiger partial charge in [-0.05, 0) is 31.0 Å². The molecule has 0 bridgehead atoms. The van der Waals surface area contributed by atoms with Crippen molar-refractivity contribution in [2.45, 2.75) is 38.1 Å². The molecule has 0 aliphatic heterocycles. The van der Waals surface area contributed by atoms with Crippen molar-refractivity contribution in [2.75, 3.05) is 5.32 Å². The summed E-state index contributed by atoms with van der Waals surface area (Å²) in [5.41, 5.74) is 0.360. The average Bonchev–Trinajstić information content (AvgIpc) is 2.81. The van der Waals surface area contributed by atoms with Crippen molar-refractivity contribution in [1.29, 1.82) is 0 Å². The van der Waals surface area contributed by atoms with E-state index in [0.717, 1.165) is 25.7 Å². The van der Waals surface area contributed by atoms with Crippen LogP contribution in [-0.2, 0) is 9.59 Å². The molecule has 1 aromatic rings. The first-order chi connectivity index (χ1) is 9.13. The van der Waals surface area contributed by atoms with E-state index in [4.69, 9.17) is 0 Å². The number of nitrogens with one attached hydrogen (secondary N) is 2. The summed E-state index contributed by atoms with van der Waals surface area (Å²) in [5.74, 6) is -1.13. The van der Waals surface area contributed by atoms with Crippen LogP contribution in [0.25, 0.3) is 0 Å². The predicted molar refractivity (Wildman–Crippen MR) is 70.0 cm³/mol. The number of anilines is 1. The van der Waals surface area contributed by atoms with Crippen molar-refractivity contribution in [3.63, 3.8) is 0 Å². The Morgan fingerprint density at radius 1 is 1.21 bits per heavy atom. The zero-order valence-electron chi connectivity index (χ0n) is 10.6. The van der Waals surface area contributed by atoms with Gasteiger partial charge in [-0.2, -0.15) is 0 Å². The summed E-state index contributed by atoms with van der Waals surface area (Å²) < 4.78 is 12.9. The van der Waals surface area contributed by atoms with Crippen LogP contribution in [0.5, 0.6) is 0 Å². The second-order valence-corrected chi connectivity index (χ2v) is 4.78. The normalized spacial score (nSPS) is 15.2. The first-order valence-corrected chi connectivity index (χ1v) is 6.48. The molecule has 0 spiro atoms. The van der Waals surface area contributed by atoms with Gasteiger partial charge in [0.05, 0.1) is 0 Å². The molecule has 2 amide bonds. The molecule has 1 aliphatic carbocycles. The van der Waals surface area contributed by atoms with E-state index in [2.05, 4.69) is 10.6 Å². The summed E-state index contributed by atoms with van der Waals surface area (Å²) in [6, 6.07) is 5.80. The Balaban J connectivity index is 1.78. The van der Waals surface area contributed by atoms with E-state index in [-0.39, 0.29) is 18.4 Å². The van der Waals surface area contributed by atoms with E-state index < -0.39 is 11.7 Å². The average molecular weight is 264 g/mol. The molecule has 19 heavy (non-hydrogen) atoms. The summed E-state index contributed by atoms with van der Waals surface area (Å²) in [4.78, 5) is 23.2. The van der Waals surface area contributed by atoms with Crippen LogP contribution < -0.4 is 10.6 Å². The lowest BCUT2D eigenvalue weighted by Gasteiger charge is -2.11. The molecule has 0 atom stereocenters. The molecule has 4 nitrogen and oxygen atoms in total. The molecule has 0 aromatic heterocycles. The number of carbonyl (C=O) groups is 2. The van der Waals surface area contributed by atoms with E-state index >= 15 is 0 Å².